The van der Waals surface area contributed by atoms with Crippen molar-refractivity contribution in [1.29, 1.82) is 0 Å². The molecule has 0 saturated heterocycles. The van der Waals surface area contributed by atoms with Gasteiger partial charge < -0.3 is 11.5 Å². The maximum absolute atomic E-state index is 10.6. The summed E-state index contributed by atoms with van der Waals surface area (Å²) in [4.78, 5) is 10.6. The minimum Gasteiger partial charge on any atom is -0.369 e. The second-order valence-electron chi connectivity index (χ2n) is 2.60. The summed E-state index contributed by atoms with van der Waals surface area (Å²) in [5, 5.41) is 0. The molecule has 0 aliphatic heterocycles. The molecule has 4 heteroatoms. The molecular formula is C6H13BrN2O. The Balaban J connectivity index is 0.000000810. The Labute approximate surface area is 70.9 Å². The van der Waals surface area contributed by atoms with Crippen molar-refractivity contribution in [3.8, 4) is 0 Å². The van der Waals surface area contributed by atoms with Crippen molar-refractivity contribution in [1.82, 2.24) is 0 Å². The van der Waals surface area contributed by atoms with E-state index < -0.39 is 0 Å². The third-order valence-corrected chi connectivity index (χ3v) is 1.93. The number of hydrogen-bond donors (Lipinski definition) is 2. The summed E-state index contributed by atoms with van der Waals surface area (Å²) in [7, 11) is 0. The predicted octanol–water partition coefficient (Wildman–Crippen LogP) is 0.177. The number of primary amides is 1. The standard InChI is InChI=1S/C6H12N2O.BrH/c7-5-3-1-2-4(5)6(8)9;/h4-5H,1-3,7H2,(H2,8,9);1H. The van der Waals surface area contributed by atoms with Gasteiger partial charge in [-0.15, -0.1) is 17.0 Å². The lowest BCUT2D eigenvalue weighted by atomic mass is 10.0. The van der Waals surface area contributed by atoms with Crippen LogP contribution in [0.3, 0.4) is 0 Å². The zero-order valence-corrected chi connectivity index (χ0v) is 7.46. The smallest absolute Gasteiger partial charge is 0.222 e. The van der Waals surface area contributed by atoms with Crippen molar-refractivity contribution in [3.63, 3.8) is 0 Å². The lowest BCUT2D eigenvalue weighted by molar-refractivity contribution is -0.121. The molecule has 60 valence electrons. The van der Waals surface area contributed by atoms with E-state index in [0.717, 1.165) is 19.3 Å². The molecular weight excluding hydrogens is 196 g/mol. The summed E-state index contributed by atoms with van der Waals surface area (Å²) in [5.74, 6) is -0.287. The predicted molar refractivity (Wildman–Crippen MR) is 44.8 cm³/mol. The van der Waals surface area contributed by atoms with Gasteiger partial charge in [0.2, 0.25) is 5.91 Å². The number of halogens is 1. The van der Waals surface area contributed by atoms with Crippen molar-refractivity contribution >= 4 is 22.9 Å². The summed E-state index contributed by atoms with van der Waals surface area (Å²) >= 11 is 0. The maximum atomic E-state index is 10.6. The minimum absolute atomic E-state index is 0. The number of hydrogen-bond acceptors (Lipinski definition) is 2. The van der Waals surface area contributed by atoms with E-state index in [-0.39, 0.29) is 34.8 Å². The first-order chi connectivity index (χ1) is 4.22. The van der Waals surface area contributed by atoms with Crippen molar-refractivity contribution in [2.75, 3.05) is 0 Å². The van der Waals surface area contributed by atoms with Crippen LogP contribution >= 0.6 is 17.0 Å². The molecule has 1 rings (SSSR count). The van der Waals surface area contributed by atoms with Crippen LogP contribution in [-0.4, -0.2) is 11.9 Å². The molecule has 2 atom stereocenters. The SMILES string of the molecule is Br.NC(=O)C1CCCC1N. The minimum atomic E-state index is -0.236. The van der Waals surface area contributed by atoms with Gasteiger partial charge in [0.1, 0.15) is 0 Å². The van der Waals surface area contributed by atoms with Gasteiger partial charge in [-0.25, -0.2) is 0 Å². The van der Waals surface area contributed by atoms with Gasteiger partial charge in [0, 0.05) is 6.04 Å². The molecule has 2 unspecified atom stereocenters. The molecule has 1 aliphatic rings. The highest BCUT2D eigenvalue weighted by molar-refractivity contribution is 8.93. The van der Waals surface area contributed by atoms with Gasteiger partial charge in [-0.1, -0.05) is 6.42 Å². The van der Waals surface area contributed by atoms with Crippen molar-refractivity contribution < 1.29 is 4.79 Å². The van der Waals surface area contributed by atoms with Gasteiger partial charge in [0.05, 0.1) is 5.92 Å². The van der Waals surface area contributed by atoms with Gasteiger partial charge in [-0.2, -0.15) is 0 Å². The van der Waals surface area contributed by atoms with E-state index in [0.29, 0.717) is 0 Å². The Morgan fingerprint density at radius 2 is 2.00 bits per heavy atom. The van der Waals surface area contributed by atoms with Crippen LogP contribution in [0.5, 0.6) is 0 Å². The van der Waals surface area contributed by atoms with Crippen molar-refractivity contribution in [2.45, 2.75) is 25.3 Å². The molecule has 0 aromatic rings. The third kappa shape index (κ3) is 1.95. The van der Waals surface area contributed by atoms with Crippen LogP contribution in [0.15, 0.2) is 0 Å². The first kappa shape index (κ1) is 9.91. The molecule has 1 saturated carbocycles. The van der Waals surface area contributed by atoms with Crippen molar-refractivity contribution in [3.05, 3.63) is 0 Å². The normalized spacial score (nSPS) is 31.3. The molecule has 0 radical (unpaired) electrons. The highest BCUT2D eigenvalue weighted by Crippen LogP contribution is 2.22. The van der Waals surface area contributed by atoms with Crippen LogP contribution in [0.4, 0.5) is 0 Å². The van der Waals surface area contributed by atoms with Crippen LogP contribution in [0.25, 0.3) is 0 Å². The van der Waals surface area contributed by atoms with E-state index in [9.17, 15) is 4.79 Å². The largest absolute Gasteiger partial charge is 0.369 e. The number of nitrogens with two attached hydrogens (primary N) is 2. The maximum Gasteiger partial charge on any atom is 0.222 e. The van der Waals surface area contributed by atoms with E-state index in [4.69, 9.17) is 11.5 Å². The Morgan fingerprint density at radius 1 is 1.40 bits per heavy atom. The fourth-order valence-electron chi connectivity index (χ4n) is 1.34. The summed E-state index contributed by atoms with van der Waals surface area (Å²) < 4.78 is 0. The highest BCUT2D eigenvalue weighted by atomic mass is 79.9. The average molecular weight is 209 g/mol. The molecule has 10 heavy (non-hydrogen) atoms. The topological polar surface area (TPSA) is 69.1 Å². The molecule has 0 aromatic heterocycles. The van der Waals surface area contributed by atoms with E-state index in [1.54, 1.807) is 0 Å². The van der Waals surface area contributed by atoms with Crippen LogP contribution < -0.4 is 11.5 Å². The van der Waals surface area contributed by atoms with Gasteiger partial charge in [-0.05, 0) is 12.8 Å². The monoisotopic (exact) mass is 208 g/mol. The Bertz CT molecular complexity index is 129. The Hall–Kier alpha value is -0.0900. The van der Waals surface area contributed by atoms with E-state index >= 15 is 0 Å². The second kappa shape index (κ2) is 3.93. The average Bonchev–Trinajstić information content (AvgIpc) is 2.13. The zero-order valence-electron chi connectivity index (χ0n) is 5.75. The highest BCUT2D eigenvalue weighted by Gasteiger charge is 2.27. The second-order valence-corrected chi connectivity index (χ2v) is 2.60. The Kier molecular flexibility index (Phi) is 3.89. The Morgan fingerprint density at radius 3 is 2.20 bits per heavy atom. The lowest BCUT2D eigenvalue weighted by Gasteiger charge is -2.08. The van der Waals surface area contributed by atoms with Gasteiger partial charge >= 0.3 is 0 Å². The van der Waals surface area contributed by atoms with E-state index in [1.165, 1.54) is 0 Å². The third-order valence-electron chi connectivity index (χ3n) is 1.93. The number of carbonyl (C=O) groups excluding carboxylic acids is 1. The molecule has 3 nitrogen and oxygen atoms in total. The molecule has 1 aliphatic carbocycles. The van der Waals surface area contributed by atoms with Crippen LogP contribution in [0.1, 0.15) is 19.3 Å². The zero-order chi connectivity index (χ0) is 6.85. The summed E-state index contributed by atoms with van der Waals surface area (Å²) in [6.45, 7) is 0. The summed E-state index contributed by atoms with van der Waals surface area (Å²) in [6, 6.07) is 0.0301. The van der Waals surface area contributed by atoms with Crippen molar-refractivity contribution in [2.24, 2.45) is 17.4 Å². The number of carbonyl (C=O) groups is 1. The quantitative estimate of drug-likeness (QED) is 0.646. The molecule has 1 amide bonds. The fourth-order valence-corrected chi connectivity index (χ4v) is 1.34. The molecule has 0 spiro atoms. The lowest BCUT2D eigenvalue weighted by Crippen LogP contribution is -2.34. The van der Waals surface area contributed by atoms with Gasteiger partial charge in [-0.3, -0.25) is 4.79 Å². The van der Waals surface area contributed by atoms with Crippen LogP contribution in [-0.2, 0) is 4.79 Å². The molecule has 1 fully saturated rings. The molecule has 0 aromatic carbocycles. The number of amides is 1. The van der Waals surface area contributed by atoms with Crippen LogP contribution in [0.2, 0.25) is 0 Å². The van der Waals surface area contributed by atoms with Crippen LogP contribution in [0, 0.1) is 5.92 Å². The first-order valence-electron chi connectivity index (χ1n) is 3.26. The molecule has 0 heterocycles. The summed E-state index contributed by atoms with van der Waals surface area (Å²) in [5.41, 5.74) is 10.6. The fraction of sp³-hybridized carbons (Fsp3) is 0.833. The van der Waals surface area contributed by atoms with Gasteiger partial charge in [0.15, 0.2) is 0 Å². The number of rotatable bonds is 1. The van der Waals surface area contributed by atoms with Gasteiger partial charge in [0.25, 0.3) is 0 Å². The van der Waals surface area contributed by atoms with E-state index in [2.05, 4.69) is 0 Å². The van der Waals surface area contributed by atoms with E-state index in [1.807, 2.05) is 0 Å². The first-order valence-corrected chi connectivity index (χ1v) is 3.26. The summed E-state index contributed by atoms with van der Waals surface area (Å²) in [6.07, 6.45) is 2.89. The molecule has 4 N–H and O–H groups in total. The molecule has 0 bridgehead atoms.